The Kier molecular flexibility index (Phi) is 3.18. The first-order chi connectivity index (χ1) is 8.76. The molecule has 0 radical (unpaired) electrons. The molecule has 3 rings (SSSR count). The van der Waals surface area contributed by atoms with Gasteiger partial charge in [0, 0.05) is 10.9 Å². The van der Waals surface area contributed by atoms with E-state index in [9.17, 15) is 0 Å². The summed E-state index contributed by atoms with van der Waals surface area (Å²) >= 11 is 1.71. The van der Waals surface area contributed by atoms with Crippen molar-refractivity contribution in [3.05, 3.63) is 17.3 Å². The minimum atomic E-state index is 0.211. The standard InChI is InChI=1S/C13H17N3OS/c1-2-10-6-11-12(15-7-16-13(11)18-10)17-9-4-3-8(14)5-9/h6-9H,2-5,14H2,1H3. The van der Waals surface area contributed by atoms with Crippen molar-refractivity contribution >= 4 is 21.6 Å². The third-order valence-corrected chi connectivity index (χ3v) is 4.58. The lowest BCUT2D eigenvalue weighted by Gasteiger charge is -2.12. The van der Waals surface area contributed by atoms with Gasteiger partial charge >= 0.3 is 0 Å². The number of hydrogen-bond donors (Lipinski definition) is 1. The second-order valence-electron chi connectivity index (χ2n) is 4.78. The molecule has 1 aliphatic carbocycles. The summed E-state index contributed by atoms with van der Waals surface area (Å²) in [6.45, 7) is 2.15. The van der Waals surface area contributed by atoms with Crippen LogP contribution in [0.15, 0.2) is 12.4 Å². The van der Waals surface area contributed by atoms with Crippen LogP contribution in [0.1, 0.15) is 31.1 Å². The summed E-state index contributed by atoms with van der Waals surface area (Å²) in [4.78, 5) is 10.9. The summed E-state index contributed by atoms with van der Waals surface area (Å²) in [5.74, 6) is 0.718. The van der Waals surface area contributed by atoms with Crippen LogP contribution < -0.4 is 10.5 Å². The maximum Gasteiger partial charge on any atom is 0.225 e. The average Bonchev–Trinajstić information content (AvgIpc) is 2.96. The monoisotopic (exact) mass is 263 g/mol. The molecule has 0 bridgehead atoms. The number of aryl methyl sites for hydroxylation is 1. The average molecular weight is 263 g/mol. The van der Waals surface area contributed by atoms with Crippen LogP contribution >= 0.6 is 11.3 Å². The van der Waals surface area contributed by atoms with E-state index in [1.54, 1.807) is 17.7 Å². The van der Waals surface area contributed by atoms with Crippen LogP contribution in [0.5, 0.6) is 5.88 Å². The molecule has 0 saturated heterocycles. The molecule has 1 saturated carbocycles. The molecule has 2 aromatic heterocycles. The van der Waals surface area contributed by atoms with Crippen molar-refractivity contribution in [1.82, 2.24) is 9.97 Å². The minimum absolute atomic E-state index is 0.211. The molecule has 0 aliphatic heterocycles. The van der Waals surface area contributed by atoms with Crippen LogP contribution in [0, 0.1) is 0 Å². The van der Waals surface area contributed by atoms with Crippen LogP contribution in [-0.4, -0.2) is 22.1 Å². The lowest BCUT2D eigenvalue weighted by atomic mass is 10.3. The van der Waals surface area contributed by atoms with Crippen molar-refractivity contribution < 1.29 is 4.74 Å². The van der Waals surface area contributed by atoms with E-state index >= 15 is 0 Å². The molecule has 18 heavy (non-hydrogen) atoms. The number of fused-ring (bicyclic) bond motifs is 1. The lowest BCUT2D eigenvalue weighted by Crippen LogP contribution is -2.19. The van der Waals surface area contributed by atoms with E-state index in [1.165, 1.54) is 4.88 Å². The summed E-state index contributed by atoms with van der Waals surface area (Å²) in [5, 5.41) is 1.04. The number of nitrogens with zero attached hydrogens (tertiary/aromatic N) is 2. The normalized spacial score (nSPS) is 23.7. The van der Waals surface area contributed by atoms with Crippen LogP contribution in [0.4, 0.5) is 0 Å². The first kappa shape index (κ1) is 11.9. The highest BCUT2D eigenvalue weighted by Gasteiger charge is 2.24. The Morgan fingerprint density at radius 3 is 3.06 bits per heavy atom. The number of rotatable bonds is 3. The van der Waals surface area contributed by atoms with Crippen molar-refractivity contribution in [2.24, 2.45) is 5.73 Å². The molecule has 1 fully saturated rings. The minimum Gasteiger partial charge on any atom is -0.474 e. The second-order valence-corrected chi connectivity index (χ2v) is 5.89. The van der Waals surface area contributed by atoms with Gasteiger partial charge in [-0.15, -0.1) is 11.3 Å². The fourth-order valence-corrected chi connectivity index (χ4v) is 3.32. The van der Waals surface area contributed by atoms with E-state index in [2.05, 4.69) is 23.0 Å². The van der Waals surface area contributed by atoms with Crippen molar-refractivity contribution in [1.29, 1.82) is 0 Å². The number of aromatic nitrogens is 2. The zero-order valence-electron chi connectivity index (χ0n) is 10.4. The van der Waals surface area contributed by atoms with Crippen molar-refractivity contribution in [3.63, 3.8) is 0 Å². The van der Waals surface area contributed by atoms with E-state index in [0.717, 1.165) is 41.8 Å². The van der Waals surface area contributed by atoms with Crippen LogP contribution in [0.25, 0.3) is 10.2 Å². The highest BCUT2D eigenvalue weighted by atomic mass is 32.1. The number of nitrogens with two attached hydrogens (primary N) is 1. The van der Waals surface area contributed by atoms with Gasteiger partial charge in [0.05, 0.1) is 5.39 Å². The molecule has 5 heteroatoms. The van der Waals surface area contributed by atoms with Crippen molar-refractivity contribution in [3.8, 4) is 5.88 Å². The molecular weight excluding hydrogens is 246 g/mol. The van der Waals surface area contributed by atoms with Crippen LogP contribution in [-0.2, 0) is 6.42 Å². The van der Waals surface area contributed by atoms with Crippen LogP contribution in [0.3, 0.4) is 0 Å². The molecule has 0 spiro atoms. The van der Waals surface area contributed by atoms with Gasteiger partial charge in [0.25, 0.3) is 0 Å². The molecule has 2 N–H and O–H groups in total. The largest absolute Gasteiger partial charge is 0.474 e. The number of hydrogen-bond acceptors (Lipinski definition) is 5. The van der Waals surface area contributed by atoms with Gasteiger partial charge in [-0.05, 0) is 31.7 Å². The Morgan fingerprint density at radius 2 is 2.33 bits per heavy atom. The maximum absolute atomic E-state index is 5.99. The highest BCUT2D eigenvalue weighted by Crippen LogP contribution is 2.32. The summed E-state index contributed by atoms with van der Waals surface area (Å²) in [6, 6.07) is 2.42. The Labute approximate surface area is 110 Å². The molecular formula is C13H17N3OS. The lowest BCUT2D eigenvalue weighted by molar-refractivity contribution is 0.202. The SMILES string of the molecule is CCc1cc2c(OC3CCC(N)C3)ncnc2s1. The Balaban J connectivity index is 1.89. The Hall–Kier alpha value is -1.20. The van der Waals surface area contributed by atoms with Gasteiger partial charge in [0.15, 0.2) is 0 Å². The maximum atomic E-state index is 5.99. The van der Waals surface area contributed by atoms with Crippen molar-refractivity contribution in [2.75, 3.05) is 0 Å². The smallest absolute Gasteiger partial charge is 0.225 e. The van der Waals surface area contributed by atoms with Gasteiger partial charge in [0.2, 0.25) is 5.88 Å². The fourth-order valence-electron chi connectivity index (χ4n) is 2.39. The summed E-state index contributed by atoms with van der Waals surface area (Å²) < 4.78 is 5.99. The van der Waals surface area contributed by atoms with E-state index in [1.807, 2.05) is 0 Å². The molecule has 2 heterocycles. The van der Waals surface area contributed by atoms with E-state index in [0.29, 0.717) is 0 Å². The van der Waals surface area contributed by atoms with Crippen molar-refractivity contribution in [2.45, 2.75) is 44.8 Å². The quantitative estimate of drug-likeness (QED) is 0.924. The summed E-state index contributed by atoms with van der Waals surface area (Å²) in [7, 11) is 0. The molecule has 2 unspecified atom stereocenters. The molecule has 4 nitrogen and oxygen atoms in total. The highest BCUT2D eigenvalue weighted by molar-refractivity contribution is 7.18. The van der Waals surface area contributed by atoms with Gasteiger partial charge < -0.3 is 10.5 Å². The zero-order chi connectivity index (χ0) is 12.5. The van der Waals surface area contributed by atoms with Gasteiger partial charge in [-0.25, -0.2) is 9.97 Å². The first-order valence-corrected chi connectivity index (χ1v) is 7.23. The second kappa shape index (κ2) is 4.82. The molecule has 0 aromatic carbocycles. The Bertz CT molecular complexity index is 554. The topological polar surface area (TPSA) is 61.0 Å². The molecule has 2 aromatic rings. The zero-order valence-corrected chi connectivity index (χ0v) is 11.2. The third kappa shape index (κ3) is 2.20. The predicted octanol–water partition coefficient (Wildman–Crippen LogP) is 2.51. The van der Waals surface area contributed by atoms with Gasteiger partial charge in [-0.2, -0.15) is 0 Å². The van der Waals surface area contributed by atoms with E-state index in [4.69, 9.17) is 10.5 Å². The first-order valence-electron chi connectivity index (χ1n) is 6.42. The van der Waals surface area contributed by atoms with E-state index in [-0.39, 0.29) is 12.1 Å². The summed E-state index contributed by atoms with van der Waals surface area (Å²) in [5.41, 5.74) is 5.91. The molecule has 0 amide bonds. The number of ether oxygens (including phenoxy) is 1. The molecule has 2 atom stereocenters. The number of thiophene rings is 1. The molecule has 1 aliphatic rings. The fraction of sp³-hybridized carbons (Fsp3) is 0.538. The van der Waals surface area contributed by atoms with Gasteiger partial charge in [-0.3, -0.25) is 0 Å². The third-order valence-electron chi connectivity index (χ3n) is 3.40. The predicted molar refractivity (Wildman–Crippen MR) is 73.0 cm³/mol. The molecule has 96 valence electrons. The van der Waals surface area contributed by atoms with Gasteiger partial charge in [-0.1, -0.05) is 6.92 Å². The van der Waals surface area contributed by atoms with E-state index < -0.39 is 0 Å². The summed E-state index contributed by atoms with van der Waals surface area (Å²) in [6.07, 6.45) is 5.82. The van der Waals surface area contributed by atoms with Gasteiger partial charge in [0.1, 0.15) is 17.3 Å². The Morgan fingerprint density at radius 1 is 1.44 bits per heavy atom. The van der Waals surface area contributed by atoms with Crippen LogP contribution in [0.2, 0.25) is 0 Å².